The minimum absolute atomic E-state index is 0.0182. The van der Waals surface area contributed by atoms with Gasteiger partial charge in [0.1, 0.15) is 0 Å². The maximum Gasteiger partial charge on any atom is 0.183 e. The zero-order valence-electron chi connectivity index (χ0n) is 10.1. The monoisotopic (exact) mass is 361 g/mol. The van der Waals surface area contributed by atoms with Gasteiger partial charge in [-0.25, -0.2) is 17.2 Å². The summed E-state index contributed by atoms with van der Waals surface area (Å²) < 4.78 is 51.4. The quantitative estimate of drug-likeness (QED) is 0.853. The van der Waals surface area contributed by atoms with E-state index in [1.54, 1.807) is 0 Å². The molecule has 0 amide bonds. The summed E-state index contributed by atoms with van der Waals surface area (Å²) >= 11 is 3.10. The van der Waals surface area contributed by atoms with Crippen LogP contribution in [0.5, 0.6) is 0 Å². The Morgan fingerprint density at radius 1 is 1.15 bits per heavy atom. The Morgan fingerprint density at radius 3 is 2.50 bits per heavy atom. The zero-order valence-corrected chi connectivity index (χ0v) is 12.5. The van der Waals surface area contributed by atoms with Crippen molar-refractivity contribution in [3.8, 4) is 0 Å². The Morgan fingerprint density at radius 2 is 1.85 bits per heavy atom. The molecule has 0 unspecified atom stereocenters. The zero-order chi connectivity index (χ0) is 14.9. The predicted octanol–water partition coefficient (Wildman–Crippen LogP) is 3.28. The fourth-order valence-corrected chi connectivity index (χ4v) is 4.27. The minimum Gasteiger partial charge on any atom is -0.399 e. The third kappa shape index (κ3) is 2.99. The number of nitrogen functional groups attached to an aromatic ring is 1. The first kappa shape index (κ1) is 14.9. The van der Waals surface area contributed by atoms with Crippen molar-refractivity contribution in [3.05, 3.63) is 58.1 Å². The summed E-state index contributed by atoms with van der Waals surface area (Å²) in [6.07, 6.45) is 0. The van der Waals surface area contributed by atoms with Crippen LogP contribution in [0.1, 0.15) is 5.56 Å². The maximum atomic E-state index is 13.5. The molecule has 0 aliphatic carbocycles. The fraction of sp³-hybridized carbons (Fsp3) is 0.0769. The average Bonchev–Trinajstić information content (AvgIpc) is 2.34. The first-order valence-corrected chi connectivity index (χ1v) is 7.96. The van der Waals surface area contributed by atoms with Gasteiger partial charge in [-0.05, 0) is 40.2 Å². The van der Waals surface area contributed by atoms with Crippen molar-refractivity contribution < 1.29 is 17.2 Å². The third-order valence-corrected chi connectivity index (χ3v) is 5.30. The molecule has 0 aliphatic rings. The molecule has 106 valence electrons. The highest BCUT2D eigenvalue weighted by molar-refractivity contribution is 9.10. The van der Waals surface area contributed by atoms with Gasteiger partial charge in [0.2, 0.25) is 0 Å². The summed E-state index contributed by atoms with van der Waals surface area (Å²) in [5.74, 6) is -2.85. The maximum absolute atomic E-state index is 13.5. The Bertz CT molecular complexity index is 763. The van der Waals surface area contributed by atoms with E-state index in [1.165, 1.54) is 30.3 Å². The van der Waals surface area contributed by atoms with E-state index in [4.69, 9.17) is 5.73 Å². The van der Waals surface area contributed by atoms with Gasteiger partial charge in [0, 0.05) is 15.7 Å². The molecule has 0 saturated carbocycles. The van der Waals surface area contributed by atoms with Gasteiger partial charge in [-0.2, -0.15) is 0 Å². The molecule has 3 nitrogen and oxygen atoms in total. The Hall–Kier alpha value is -1.47. The molecule has 0 spiro atoms. The van der Waals surface area contributed by atoms with Crippen molar-refractivity contribution in [2.75, 3.05) is 5.73 Å². The molecular formula is C13H10BrF2NO2S. The molecular weight excluding hydrogens is 352 g/mol. The number of rotatable bonds is 3. The molecule has 0 radical (unpaired) electrons. The van der Waals surface area contributed by atoms with Crippen molar-refractivity contribution in [2.24, 2.45) is 0 Å². The van der Waals surface area contributed by atoms with E-state index in [0.717, 1.165) is 6.07 Å². The van der Waals surface area contributed by atoms with Crippen LogP contribution in [-0.4, -0.2) is 8.42 Å². The van der Waals surface area contributed by atoms with Crippen LogP contribution < -0.4 is 5.73 Å². The smallest absolute Gasteiger partial charge is 0.183 e. The SMILES string of the molecule is Nc1ccc(S(=O)(=O)Cc2cccc(F)c2F)c(Br)c1. The van der Waals surface area contributed by atoms with Crippen molar-refractivity contribution >= 4 is 31.5 Å². The summed E-state index contributed by atoms with van der Waals surface area (Å²) in [5.41, 5.74) is 5.71. The van der Waals surface area contributed by atoms with E-state index >= 15 is 0 Å². The van der Waals surface area contributed by atoms with Crippen LogP contribution in [0.25, 0.3) is 0 Å². The second kappa shape index (κ2) is 5.49. The molecule has 2 aromatic carbocycles. The topological polar surface area (TPSA) is 60.2 Å². The van der Waals surface area contributed by atoms with E-state index in [2.05, 4.69) is 15.9 Å². The van der Waals surface area contributed by atoms with Gasteiger partial charge in [0.25, 0.3) is 0 Å². The molecule has 0 atom stereocenters. The van der Waals surface area contributed by atoms with Crippen LogP contribution in [0.15, 0.2) is 45.8 Å². The summed E-state index contributed by atoms with van der Waals surface area (Å²) in [6.45, 7) is 0. The first-order valence-electron chi connectivity index (χ1n) is 5.52. The van der Waals surface area contributed by atoms with Crippen LogP contribution in [0, 0.1) is 11.6 Å². The predicted molar refractivity (Wildman–Crippen MR) is 75.8 cm³/mol. The molecule has 2 N–H and O–H groups in total. The van der Waals surface area contributed by atoms with Gasteiger partial charge in [-0.3, -0.25) is 0 Å². The number of halogens is 3. The van der Waals surface area contributed by atoms with E-state index in [-0.39, 0.29) is 14.9 Å². The molecule has 0 bridgehead atoms. The van der Waals surface area contributed by atoms with E-state index in [9.17, 15) is 17.2 Å². The molecule has 0 aliphatic heterocycles. The van der Waals surface area contributed by atoms with Gasteiger partial charge in [0.15, 0.2) is 21.5 Å². The van der Waals surface area contributed by atoms with Crippen molar-refractivity contribution in [1.29, 1.82) is 0 Å². The Kier molecular flexibility index (Phi) is 4.10. The standard InChI is InChI=1S/C13H10BrF2NO2S/c14-10-6-9(17)4-5-12(10)20(18,19)7-8-2-1-3-11(15)13(8)16/h1-6H,7,17H2. The summed E-state index contributed by atoms with van der Waals surface area (Å²) in [7, 11) is -3.81. The lowest BCUT2D eigenvalue weighted by molar-refractivity contribution is 0.501. The van der Waals surface area contributed by atoms with Crippen LogP contribution in [0.4, 0.5) is 14.5 Å². The van der Waals surface area contributed by atoms with Crippen molar-refractivity contribution in [1.82, 2.24) is 0 Å². The number of benzene rings is 2. The number of anilines is 1. The molecule has 20 heavy (non-hydrogen) atoms. The number of hydrogen-bond donors (Lipinski definition) is 1. The average molecular weight is 362 g/mol. The molecule has 2 aromatic rings. The molecule has 0 saturated heterocycles. The Labute approximate surface area is 123 Å². The van der Waals surface area contributed by atoms with E-state index < -0.39 is 27.2 Å². The number of sulfone groups is 1. The van der Waals surface area contributed by atoms with E-state index in [0.29, 0.717) is 5.69 Å². The van der Waals surface area contributed by atoms with E-state index in [1.807, 2.05) is 0 Å². The highest BCUT2D eigenvalue weighted by atomic mass is 79.9. The van der Waals surface area contributed by atoms with Crippen LogP contribution in [0.3, 0.4) is 0 Å². The largest absolute Gasteiger partial charge is 0.399 e. The highest BCUT2D eigenvalue weighted by Gasteiger charge is 2.21. The lowest BCUT2D eigenvalue weighted by atomic mass is 10.2. The van der Waals surface area contributed by atoms with Crippen LogP contribution >= 0.6 is 15.9 Å². The Balaban J connectivity index is 2.44. The number of nitrogens with two attached hydrogens (primary N) is 1. The van der Waals surface area contributed by atoms with Crippen molar-refractivity contribution in [2.45, 2.75) is 10.6 Å². The summed E-state index contributed by atoms with van der Waals surface area (Å²) in [4.78, 5) is -0.0182. The van der Waals surface area contributed by atoms with Crippen molar-refractivity contribution in [3.63, 3.8) is 0 Å². The second-order valence-electron chi connectivity index (χ2n) is 4.16. The molecule has 2 rings (SSSR count). The van der Waals surface area contributed by atoms with Gasteiger partial charge in [-0.15, -0.1) is 0 Å². The lowest BCUT2D eigenvalue weighted by Gasteiger charge is -2.08. The minimum atomic E-state index is -3.81. The summed E-state index contributed by atoms with van der Waals surface area (Å²) in [6, 6.07) is 7.63. The van der Waals surface area contributed by atoms with Crippen LogP contribution in [0.2, 0.25) is 0 Å². The third-order valence-electron chi connectivity index (χ3n) is 2.67. The van der Waals surface area contributed by atoms with Gasteiger partial charge in [-0.1, -0.05) is 12.1 Å². The molecule has 7 heteroatoms. The molecule has 0 heterocycles. The highest BCUT2D eigenvalue weighted by Crippen LogP contribution is 2.27. The molecule has 0 fully saturated rings. The van der Waals surface area contributed by atoms with Crippen LogP contribution in [-0.2, 0) is 15.6 Å². The van der Waals surface area contributed by atoms with Gasteiger partial charge < -0.3 is 5.73 Å². The lowest BCUT2D eigenvalue weighted by Crippen LogP contribution is -2.08. The first-order chi connectivity index (χ1) is 9.31. The van der Waals surface area contributed by atoms with Gasteiger partial charge in [0.05, 0.1) is 10.6 Å². The molecule has 0 aromatic heterocycles. The van der Waals surface area contributed by atoms with Gasteiger partial charge >= 0.3 is 0 Å². The fourth-order valence-electron chi connectivity index (χ4n) is 1.71. The number of hydrogen-bond acceptors (Lipinski definition) is 3. The normalized spacial score (nSPS) is 11.6. The second-order valence-corrected chi connectivity index (χ2v) is 6.97. The summed E-state index contributed by atoms with van der Waals surface area (Å²) in [5, 5.41) is 0.